The van der Waals surface area contributed by atoms with E-state index in [-0.39, 0.29) is 11.8 Å². The number of halogens is 1. The van der Waals surface area contributed by atoms with Gasteiger partial charge in [-0.25, -0.2) is 0 Å². The molecule has 0 saturated carbocycles. The Morgan fingerprint density at radius 2 is 1.87 bits per heavy atom. The highest BCUT2D eigenvalue weighted by Crippen LogP contribution is 2.28. The van der Waals surface area contributed by atoms with Crippen molar-refractivity contribution in [1.82, 2.24) is 4.90 Å². The Labute approximate surface area is 187 Å². The highest BCUT2D eigenvalue weighted by Gasteiger charge is 2.20. The molecule has 164 valence electrons. The lowest BCUT2D eigenvalue weighted by atomic mass is 10.1. The lowest BCUT2D eigenvalue weighted by Crippen LogP contribution is -2.35. The maximum atomic E-state index is 12.7. The molecule has 0 aliphatic carbocycles. The molecule has 2 aromatic rings. The fraction of sp³-hybridized carbons (Fsp3) is 0.333. The standard InChI is InChI=1S/C24H27ClN2O4/c1-3-31-21-11-7-17(15-22(21)30-2)8-12-23(28)26-18-9-10-19(20(25)16-18)24(29)27-13-5-4-6-14-27/h7-12,15-16H,3-6,13-14H2,1-2H3,(H,26,28)/b12-8+. The van der Waals surface area contributed by atoms with Crippen molar-refractivity contribution in [2.45, 2.75) is 26.2 Å². The number of rotatable bonds is 7. The molecule has 0 atom stereocenters. The number of amides is 2. The van der Waals surface area contributed by atoms with Crippen LogP contribution in [0.25, 0.3) is 6.08 Å². The summed E-state index contributed by atoms with van der Waals surface area (Å²) in [4.78, 5) is 26.8. The molecule has 0 bridgehead atoms. The highest BCUT2D eigenvalue weighted by molar-refractivity contribution is 6.34. The molecule has 31 heavy (non-hydrogen) atoms. The third-order valence-corrected chi connectivity index (χ3v) is 5.34. The van der Waals surface area contributed by atoms with Crippen molar-refractivity contribution in [1.29, 1.82) is 0 Å². The van der Waals surface area contributed by atoms with E-state index in [2.05, 4.69) is 5.32 Å². The quantitative estimate of drug-likeness (QED) is 0.611. The number of nitrogens with one attached hydrogen (secondary N) is 1. The number of ether oxygens (including phenoxy) is 2. The summed E-state index contributed by atoms with van der Waals surface area (Å²) in [6.45, 7) is 3.96. The van der Waals surface area contributed by atoms with Gasteiger partial charge in [-0.3, -0.25) is 9.59 Å². The second-order valence-corrected chi connectivity index (χ2v) is 7.62. The lowest BCUT2D eigenvalue weighted by Gasteiger charge is -2.27. The van der Waals surface area contributed by atoms with Gasteiger partial charge in [0.05, 0.1) is 24.3 Å². The van der Waals surface area contributed by atoms with Crippen LogP contribution in [0.3, 0.4) is 0 Å². The Hall–Kier alpha value is -2.99. The molecule has 0 radical (unpaired) electrons. The van der Waals surface area contributed by atoms with Gasteiger partial charge in [-0.2, -0.15) is 0 Å². The Bertz CT molecular complexity index is 968. The number of likely N-dealkylation sites (tertiary alicyclic amines) is 1. The van der Waals surface area contributed by atoms with Gasteiger partial charge in [0.25, 0.3) is 5.91 Å². The number of methoxy groups -OCH3 is 1. The van der Waals surface area contributed by atoms with Gasteiger partial charge in [-0.1, -0.05) is 17.7 Å². The van der Waals surface area contributed by atoms with E-state index in [4.69, 9.17) is 21.1 Å². The molecule has 0 spiro atoms. The first-order valence-corrected chi connectivity index (χ1v) is 10.8. The SMILES string of the molecule is CCOc1ccc(/C=C/C(=O)Nc2ccc(C(=O)N3CCCCC3)c(Cl)c2)cc1OC. The summed E-state index contributed by atoms with van der Waals surface area (Å²) in [6.07, 6.45) is 6.30. The smallest absolute Gasteiger partial charge is 0.255 e. The fourth-order valence-electron chi connectivity index (χ4n) is 3.45. The number of hydrogen-bond acceptors (Lipinski definition) is 4. The molecule has 7 heteroatoms. The average molecular weight is 443 g/mol. The van der Waals surface area contributed by atoms with Gasteiger partial charge in [0.15, 0.2) is 11.5 Å². The van der Waals surface area contributed by atoms with Gasteiger partial charge >= 0.3 is 0 Å². The van der Waals surface area contributed by atoms with Crippen LogP contribution in [0.5, 0.6) is 11.5 Å². The molecule has 1 N–H and O–H groups in total. The van der Waals surface area contributed by atoms with E-state index in [0.29, 0.717) is 34.4 Å². The first kappa shape index (κ1) is 22.7. The zero-order valence-corrected chi connectivity index (χ0v) is 18.6. The van der Waals surface area contributed by atoms with Crippen LogP contribution in [0.2, 0.25) is 5.02 Å². The second kappa shape index (κ2) is 10.9. The number of carbonyl (C=O) groups excluding carboxylic acids is 2. The molecule has 1 saturated heterocycles. The van der Waals surface area contributed by atoms with E-state index < -0.39 is 0 Å². The first-order valence-electron chi connectivity index (χ1n) is 10.4. The van der Waals surface area contributed by atoms with E-state index >= 15 is 0 Å². The van der Waals surface area contributed by atoms with Crippen LogP contribution in [-0.2, 0) is 4.79 Å². The van der Waals surface area contributed by atoms with Gasteiger partial charge < -0.3 is 19.7 Å². The molecule has 3 rings (SSSR count). The van der Waals surface area contributed by atoms with Gasteiger partial charge in [0.2, 0.25) is 5.91 Å². The van der Waals surface area contributed by atoms with Crippen molar-refractivity contribution in [3.8, 4) is 11.5 Å². The minimum atomic E-state index is -0.306. The topological polar surface area (TPSA) is 67.9 Å². The van der Waals surface area contributed by atoms with Crippen molar-refractivity contribution in [3.63, 3.8) is 0 Å². The van der Waals surface area contributed by atoms with Crippen molar-refractivity contribution in [2.24, 2.45) is 0 Å². The Morgan fingerprint density at radius 1 is 1.10 bits per heavy atom. The van der Waals surface area contributed by atoms with Crippen LogP contribution < -0.4 is 14.8 Å². The van der Waals surface area contributed by atoms with E-state index in [1.165, 1.54) is 6.08 Å². The van der Waals surface area contributed by atoms with Crippen LogP contribution in [0.1, 0.15) is 42.1 Å². The molecule has 2 aromatic carbocycles. The van der Waals surface area contributed by atoms with Gasteiger partial charge in [0.1, 0.15) is 0 Å². The minimum Gasteiger partial charge on any atom is -0.493 e. The van der Waals surface area contributed by atoms with E-state index in [1.807, 2.05) is 17.9 Å². The van der Waals surface area contributed by atoms with E-state index in [1.54, 1.807) is 43.5 Å². The Kier molecular flexibility index (Phi) is 7.95. The van der Waals surface area contributed by atoms with Crippen molar-refractivity contribution in [2.75, 3.05) is 32.1 Å². The number of benzene rings is 2. The number of anilines is 1. The summed E-state index contributed by atoms with van der Waals surface area (Å²) in [5.41, 5.74) is 1.79. The van der Waals surface area contributed by atoms with Crippen LogP contribution in [0, 0.1) is 0 Å². The molecule has 2 amide bonds. The van der Waals surface area contributed by atoms with Gasteiger partial charge in [0, 0.05) is 24.9 Å². The summed E-state index contributed by atoms with van der Waals surface area (Å²) in [6, 6.07) is 10.4. The molecule has 6 nitrogen and oxygen atoms in total. The molecular weight excluding hydrogens is 416 g/mol. The van der Waals surface area contributed by atoms with Gasteiger partial charge in [-0.15, -0.1) is 0 Å². The maximum absolute atomic E-state index is 12.7. The number of piperidine rings is 1. The molecule has 1 heterocycles. The van der Waals surface area contributed by atoms with E-state index in [0.717, 1.165) is 37.9 Å². The highest BCUT2D eigenvalue weighted by atomic mass is 35.5. The Balaban J connectivity index is 1.64. The van der Waals surface area contributed by atoms with Gasteiger partial charge in [-0.05, 0) is 68.2 Å². The summed E-state index contributed by atoms with van der Waals surface area (Å²) in [5, 5.41) is 3.10. The molecule has 0 aromatic heterocycles. The first-order chi connectivity index (χ1) is 15.0. The summed E-state index contributed by atoms with van der Waals surface area (Å²) in [5.74, 6) is 0.886. The molecule has 1 aliphatic heterocycles. The van der Waals surface area contributed by atoms with Crippen LogP contribution in [0.4, 0.5) is 5.69 Å². The number of carbonyl (C=O) groups is 2. The lowest BCUT2D eigenvalue weighted by molar-refractivity contribution is -0.111. The van der Waals surface area contributed by atoms with Crippen LogP contribution >= 0.6 is 11.6 Å². The minimum absolute atomic E-state index is 0.0630. The van der Waals surface area contributed by atoms with Crippen molar-refractivity contribution >= 4 is 35.2 Å². The van der Waals surface area contributed by atoms with Crippen molar-refractivity contribution < 1.29 is 19.1 Å². The largest absolute Gasteiger partial charge is 0.493 e. The Morgan fingerprint density at radius 3 is 2.55 bits per heavy atom. The second-order valence-electron chi connectivity index (χ2n) is 7.21. The monoisotopic (exact) mass is 442 g/mol. The number of hydrogen-bond donors (Lipinski definition) is 1. The summed E-state index contributed by atoms with van der Waals surface area (Å²) >= 11 is 6.33. The maximum Gasteiger partial charge on any atom is 0.255 e. The van der Waals surface area contributed by atoms with Crippen molar-refractivity contribution in [3.05, 3.63) is 58.6 Å². The third-order valence-electron chi connectivity index (χ3n) is 5.02. The predicted octanol–water partition coefficient (Wildman–Crippen LogP) is 5.03. The van der Waals surface area contributed by atoms with Crippen LogP contribution in [-0.4, -0.2) is 43.5 Å². The normalized spacial score (nSPS) is 13.8. The summed E-state index contributed by atoms with van der Waals surface area (Å²) in [7, 11) is 1.57. The predicted molar refractivity (Wildman–Crippen MR) is 123 cm³/mol. The number of nitrogens with zero attached hydrogens (tertiary/aromatic N) is 1. The zero-order valence-electron chi connectivity index (χ0n) is 17.8. The third kappa shape index (κ3) is 6.01. The molecular formula is C24H27ClN2O4. The molecule has 1 aliphatic rings. The summed E-state index contributed by atoms with van der Waals surface area (Å²) < 4.78 is 10.8. The van der Waals surface area contributed by atoms with E-state index in [9.17, 15) is 9.59 Å². The fourth-order valence-corrected chi connectivity index (χ4v) is 3.71. The average Bonchev–Trinajstić information content (AvgIpc) is 2.79. The molecule has 0 unspecified atom stereocenters. The van der Waals surface area contributed by atoms with Crippen LogP contribution in [0.15, 0.2) is 42.5 Å². The molecule has 1 fully saturated rings. The zero-order chi connectivity index (χ0) is 22.2.